The molecule has 0 N–H and O–H groups in total. The molecule has 3 heteroatoms. The SMILES string of the molecule is COCCOc1cc(C)cc2ccnc(C)c12. The third-order valence-corrected chi connectivity index (χ3v) is 2.71. The number of rotatable bonds is 4. The molecule has 0 amide bonds. The molecule has 1 aromatic carbocycles. The predicted molar refractivity (Wildman–Crippen MR) is 68.6 cm³/mol. The maximum atomic E-state index is 5.76. The number of hydrogen-bond donors (Lipinski definition) is 0. The number of fused-ring (bicyclic) bond motifs is 1. The van der Waals surface area contributed by atoms with E-state index >= 15 is 0 Å². The molecule has 0 atom stereocenters. The molecule has 0 aliphatic heterocycles. The van der Waals surface area contributed by atoms with Crippen LogP contribution in [0, 0.1) is 13.8 Å². The van der Waals surface area contributed by atoms with Gasteiger partial charge in [-0.15, -0.1) is 0 Å². The fourth-order valence-electron chi connectivity index (χ4n) is 1.94. The molecule has 0 saturated carbocycles. The Hall–Kier alpha value is -1.61. The van der Waals surface area contributed by atoms with Crippen molar-refractivity contribution in [1.82, 2.24) is 4.98 Å². The molecule has 0 aliphatic rings. The van der Waals surface area contributed by atoms with Crippen LogP contribution in [-0.4, -0.2) is 25.3 Å². The molecular formula is C14H17NO2. The molecule has 1 aromatic heterocycles. The highest BCUT2D eigenvalue weighted by atomic mass is 16.5. The van der Waals surface area contributed by atoms with Crippen molar-refractivity contribution >= 4 is 10.8 Å². The van der Waals surface area contributed by atoms with E-state index in [1.807, 2.05) is 25.3 Å². The van der Waals surface area contributed by atoms with Crippen molar-refractivity contribution in [3.8, 4) is 5.75 Å². The Labute approximate surface area is 101 Å². The Morgan fingerprint density at radius 2 is 2.00 bits per heavy atom. The highest BCUT2D eigenvalue weighted by molar-refractivity contribution is 5.90. The summed E-state index contributed by atoms with van der Waals surface area (Å²) in [6.07, 6.45) is 1.83. The first-order chi connectivity index (χ1) is 8.22. The fraction of sp³-hybridized carbons (Fsp3) is 0.357. The number of pyridine rings is 1. The molecule has 90 valence electrons. The number of hydrogen-bond acceptors (Lipinski definition) is 3. The van der Waals surface area contributed by atoms with E-state index in [1.54, 1.807) is 7.11 Å². The standard InChI is InChI=1S/C14H17NO2/c1-10-8-12-4-5-15-11(2)14(12)13(9-10)17-7-6-16-3/h4-5,8-9H,6-7H2,1-3H3. The average Bonchev–Trinajstić information content (AvgIpc) is 2.28. The lowest BCUT2D eigenvalue weighted by atomic mass is 10.1. The van der Waals surface area contributed by atoms with Gasteiger partial charge in [-0.05, 0) is 36.9 Å². The van der Waals surface area contributed by atoms with E-state index in [9.17, 15) is 0 Å². The summed E-state index contributed by atoms with van der Waals surface area (Å²) in [5, 5.41) is 2.26. The van der Waals surface area contributed by atoms with Gasteiger partial charge in [0.1, 0.15) is 12.4 Å². The van der Waals surface area contributed by atoms with Crippen LogP contribution in [0.4, 0.5) is 0 Å². The molecule has 1 heterocycles. The molecule has 0 saturated heterocycles. The van der Waals surface area contributed by atoms with Crippen molar-refractivity contribution in [2.24, 2.45) is 0 Å². The molecule has 17 heavy (non-hydrogen) atoms. The van der Waals surface area contributed by atoms with E-state index in [-0.39, 0.29) is 0 Å². The molecule has 3 nitrogen and oxygen atoms in total. The molecular weight excluding hydrogens is 214 g/mol. The third-order valence-electron chi connectivity index (χ3n) is 2.71. The molecule has 2 aromatic rings. The van der Waals surface area contributed by atoms with Crippen molar-refractivity contribution in [3.05, 3.63) is 35.7 Å². The molecule has 0 bridgehead atoms. The van der Waals surface area contributed by atoms with Crippen LogP contribution < -0.4 is 4.74 Å². The zero-order valence-corrected chi connectivity index (χ0v) is 10.5. The monoisotopic (exact) mass is 231 g/mol. The summed E-state index contributed by atoms with van der Waals surface area (Å²) in [5.74, 6) is 0.891. The van der Waals surface area contributed by atoms with E-state index in [1.165, 1.54) is 10.9 Å². The van der Waals surface area contributed by atoms with Gasteiger partial charge in [0.25, 0.3) is 0 Å². The summed E-state index contributed by atoms with van der Waals surface area (Å²) in [5.41, 5.74) is 2.19. The Kier molecular flexibility index (Phi) is 3.59. The first kappa shape index (κ1) is 11.9. The minimum Gasteiger partial charge on any atom is -0.490 e. The van der Waals surface area contributed by atoms with Gasteiger partial charge in [-0.2, -0.15) is 0 Å². The first-order valence-corrected chi connectivity index (χ1v) is 5.70. The maximum Gasteiger partial charge on any atom is 0.129 e. The van der Waals surface area contributed by atoms with Crippen molar-refractivity contribution in [2.45, 2.75) is 13.8 Å². The maximum absolute atomic E-state index is 5.76. The largest absolute Gasteiger partial charge is 0.490 e. The van der Waals surface area contributed by atoms with Crippen LogP contribution in [0.25, 0.3) is 10.8 Å². The van der Waals surface area contributed by atoms with Gasteiger partial charge in [0, 0.05) is 24.4 Å². The third kappa shape index (κ3) is 2.56. The van der Waals surface area contributed by atoms with Crippen LogP contribution in [0.15, 0.2) is 24.4 Å². The van der Waals surface area contributed by atoms with Gasteiger partial charge in [-0.3, -0.25) is 4.98 Å². The summed E-state index contributed by atoms with van der Waals surface area (Å²) in [7, 11) is 1.67. The number of ether oxygens (including phenoxy) is 2. The number of benzene rings is 1. The number of nitrogens with zero attached hydrogens (tertiary/aromatic N) is 1. The highest BCUT2D eigenvalue weighted by Gasteiger charge is 2.07. The molecule has 0 spiro atoms. The van der Waals surface area contributed by atoms with Gasteiger partial charge in [0.2, 0.25) is 0 Å². The van der Waals surface area contributed by atoms with Crippen LogP contribution in [0.1, 0.15) is 11.3 Å². The number of aromatic nitrogens is 1. The Balaban J connectivity index is 2.45. The van der Waals surface area contributed by atoms with E-state index in [0.717, 1.165) is 16.8 Å². The van der Waals surface area contributed by atoms with Crippen molar-refractivity contribution in [2.75, 3.05) is 20.3 Å². The minimum atomic E-state index is 0.559. The van der Waals surface area contributed by atoms with Crippen LogP contribution in [0.2, 0.25) is 0 Å². The Bertz CT molecular complexity index is 523. The van der Waals surface area contributed by atoms with Gasteiger partial charge in [-0.1, -0.05) is 6.07 Å². The topological polar surface area (TPSA) is 31.4 Å². The van der Waals surface area contributed by atoms with Crippen molar-refractivity contribution in [3.63, 3.8) is 0 Å². The second kappa shape index (κ2) is 5.15. The van der Waals surface area contributed by atoms with Crippen LogP contribution in [0.5, 0.6) is 5.75 Å². The van der Waals surface area contributed by atoms with E-state index in [2.05, 4.69) is 18.0 Å². The second-order valence-corrected chi connectivity index (χ2v) is 4.10. The van der Waals surface area contributed by atoms with Crippen molar-refractivity contribution < 1.29 is 9.47 Å². The number of aryl methyl sites for hydroxylation is 2. The molecule has 0 aliphatic carbocycles. The minimum absolute atomic E-state index is 0.559. The fourth-order valence-corrected chi connectivity index (χ4v) is 1.94. The zero-order chi connectivity index (χ0) is 12.3. The van der Waals surface area contributed by atoms with E-state index < -0.39 is 0 Å². The molecule has 2 rings (SSSR count). The second-order valence-electron chi connectivity index (χ2n) is 4.10. The molecule has 0 radical (unpaired) electrons. The Morgan fingerprint density at radius 3 is 2.76 bits per heavy atom. The normalized spacial score (nSPS) is 10.8. The van der Waals surface area contributed by atoms with Crippen LogP contribution in [-0.2, 0) is 4.74 Å². The van der Waals surface area contributed by atoms with Crippen LogP contribution in [0.3, 0.4) is 0 Å². The quantitative estimate of drug-likeness (QED) is 0.758. The van der Waals surface area contributed by atoms with Gasteiger partial charge in [0.15, 0.2) is 0 Å². The molecule has 0 unspecified atom stereocenters. The zero-order valence-electron chi connectivity index (χ0n) is 10.5. The summed E-state index contributed by atoms with van der Waals surface area (Å²) in [6, 6.07) is 6.21. The first-order valence-electron chi connectivity index (χ1n) is 5.70. The van der Waals surface area contributed by atoms with Gasteiger partial charge in [0.05, 0.1) is 6.61 Å². The van der Waals surface area contributed by atoms with Gasteiger partial charge in [-0.25, -0.2) is 0 Å². The Morgan fingerprint density at radius 1 is 1.18 bits per heavy atom. The summed E-state index contributed by atoms with van der Waals surface area (Å²) in [6.45, 7) is 5.22. The predicted octanol–water partition coefficient (Wildman–Crippen LogP) is 2.88. The lowest BCUT2D eigenvalue weighted by molar-refractivity contribution is 0.147. The average molecular weight is 231 g/mol. The number of methoxy groups -OCH3 is 1. The van der Waals surface area contributed by atoms with Crippen molar-refractivity contribution in [1.29, 1.82) is 0 Å². The van der Waals surface area contributed by atoms with Gasteiger partial charge < -0.3 is 9.47 Å². The van der Waals surface area contributed by atoms with E-state index in [0.29, 0.717) is 13.2 Å². The van der Waals surface area contributed by atoms with E-state index in [4.69, 9.17) is 9.47 Å². The lowest BCUT2D eigenvalue weighted by Crippen LogP contribution is -2.05. The summed E-state index contributed by atoms with van der Waals surface area (Å²) in [4.78, 5) is 4.31. The highest BCUT2D eigenvalue weighted by Crippen LogP contribution is 2.29. The summed E-state index contributed by atoms with van der Waals surface area (Å²) < 4.78 is 10.8. The summed E-state index contributed by atoms with van der Waals surface area (Å²) >= 11 is 0. The molecule has 0 fully saturated rings. The van der Waals surface area contributed by atoms with Gasteiger partial charge >= 0.3 is 0 Å². The smallest absolute Gasteiger partial charge is 0.129 e. The van der Waals surface area contributed by atoms with Crippen LogP contribution >= 0.6 is 0 Å². The lowest BCUT2D eigenvalue weighted by Gasteiger charge is -2.11.